The predicted molar refractivity (Wildman–Crippen MR) is 89.1 cm³/mol. The van der Waals surface area contributed by atoms with Gasteiger partial charge in [-0.05, 0) is 47.6 Å². The van der Waals surface area contributed by atoms with E-state index in [1.807, 2.05) is 38.1 Å². The number of carbonyl (C=O) groups excluding carboxylic acids is 1. The van der Waals surface area contributed by atoms with Crippen LogP contribution in [0.25, 0.3) is 0 Å². The molecule has 5 nitrogen and oxygen atoms in total. The molecule has 6 heteroatoms. The number of methoxy groups -OCH3 is 1. The van der Waals surface area contributed by atoms with E-state index in [1.165, 1.54) is 0 Å². The van der Waals surface area contributed by atoms with Crippen LogP contribution in [-0.4, -0.2) is 32.6 Å². The van der Waals surface area contributed by atoms with E-state index in [0.717, 1.165) is 15.6 Å². The fraction of sp³-hybridized carbons (Fsp3) is 0.533. The molecule has 0 aliphatic rings. The number of nitrogens with one attached hydrogen (secondary N) is 1. The highest BCUT2D eigenvalue weighted by molar-refractivity contribution is 14.1. The molecule has 1 aromatic carbocycles. The number of carbonyl (C=O) groups is 1. The van der Waals surface area contributed by atoms with Crippen LogP contribution in [-0.2, 0) is 14.2 Å². The van der Waals surface area contributed by atoms with Crippen molar-refractivity contribution in [3.8, 4) is 0 Å². The molecule has 0 spiro atoms. The molecule has 118 valence electrons. The molecule has 0 fully saturated rings. The molecule has 1 amide bonds. The molecule has 0 aromatic heterocycles. The zero-order valence-corrected chi connectivity index (χ0v) is 14.8. The van der Waals surface area contributed by atoms with Gasteiger partial charge in [-0.25, -0.2) is 4.79 Å². The first-order valence-corrected chi connectivity index (χ1v) is 7.97. The van der Waals surface area contributed by atoms with Gasteiger partial charge in [-0.15, -0.1) is 0 Å². The molecule has 1 aromatic rings. The van der Waals surface area contributed by atoms with Crippen LogP contribution < -0.4 is 5.32 Å². The van der Waals surface area contributed by atoms with Crippen molar-refractivity contribution in [2.45, 2.75) is 32.5 Å². The Labute approximate surface area is 139 Å². The highest BCUT2D eigenvalue weighted by atomic mass is 127. The third-order valence-electron chi connectivity index (χ3n) is 2.82. The maximum atomic E-state index is 11.7. The van der Waals surface area contributed by atoms with Crippen LogP contribution in [0, 0.1) is 3.57 Å². The summed E-state index contributed by atoms with van der Waals surface area (Å²) in [6.07, 6.45) is -0.358. The average Bonchev–Trinajstić information content (AvgIpc) is 2.47. The molecule has 0 saturated carbocycles. The second-order valence-electron chi connectivity index (χ2n) is 4.55. The monoisotopic (exact) mass is 407 g/mol. The fourth-order valence-corrected chi connectivity index (χ4v) is 2.52. The van der Waals surface area contributed by atoms with E-state index in [4.69, 9.17) is 14.2 Å². The number of hydrogen-bond acceptors (Lipinski definition) is 4. The summed E-state index contributed by atoms with van der Waals surface area (Å²) in [7, 11) is 1.56. The number of benzene rings is 1. The normalized spacial score (nSPS) is 13.5. The van der Waals surface area contributed by atoms with Crippen LogP contribution in [0.4, 0.5) is 4.79 Å². The van der Waals surface area contributed by atoms with E-state index in [1.54, 1.807) is 7.11 Å². The third kappa shape index (κ3) is 6.19. The van der Waals surface area contributed by atoms with Crippen LogP contribution >= 0.6 is 22.6 Å². The lowest BCUT2D eigenvalue weighted by molar-refractivity contribution is -0.112. The highest BCUT2D eigenvalue weighted by Gasteiger charge is 2.25. The van der Waals surface area contributed by atoms with Crippen molar-refractivity contribution in [3.05, 3.63) is 33.4 Å². The van der Waals surface area contributed by atoms with E-state index >= 15 is 0 Å². The van der Waals surface area contributed by atoms with Crippen molar-refractivity contribution in [1.29, 1.82) is 0 Å². The number of ether oxygens (including phenoxy) is 3. The minimum Gasteiger partial charge on any atom is -0.443 e. The Hall–Kier alpha value is -0.860. The molecule has 0 aliphatic heterocycles. The first kappa shape index (κ1) is 18.2. The van der Waals surface area contributed by atoms with Crippen molar-refractivity contribution in [2.75, 3.05) is 20.4 Å². The highest BCUT2D eigenvalue weighted by Crippen LogP contribution is 2.27. The number of hydrogen-bond donors (Lipinski definition) is 1. The van der Waals surface area contributed by atoms with Crippen molar-refractivity contribution < 1.29 is 19.0 Å². The molecule has 2 atom stereocenters. The third-order valence-corrected chi connectivity index (χ3v) is 3.80. The van der Waals surface area contributed by atoms with Crippen molar-refractivity contribution in [2.24, 2.45) is 0 Å². The Morgan fingerprint density at radius 3 is 2.71 bits per heavy atom. The zero-order valence-electron chi connectivity index (χ0n) is 12.6. The van der Waals surface area contributed by atoms with Gasteiger partial charge in [-0.3, -0.25) is 0 Å². The molecule has 0 radical (unpaired) electrons. The number of halogens is 1. The smallest absolute Gasteiger partial charge is 0.407 e. The summed E-state index contributed by atoms with van der Waals surface area (Å²) in [5.74, 6) is 0. The topological polar surface area (TPSA) is 56.8 Å². The Bertz CT molecular complexity index is 441. The van der Waals surface area contributed by atoms with Gasteiger partial charge in [0.15, 0.2) is 0 Å². The number of alkyl carbamates (subject to hydrolysis) is 1. The Morgan fingerprint density at radius 1 is 1.38 bits per heavy atom. The average molecular weight is 407 g/mol. The van der Waals surface area contributed by atoms with Crippen molar-refractivity contribution in [1.82, 2.24) is 5.32 Å². The number of rotatable bonds is 8. The van der Waals surface area contributed by atoms with Crippen LogP contribution in [0.1, 0.15) is 31.9 Å². The van der Waals surface area contributed by atoms with Crippen LogP contribution in [0.15, 0.2) is 24.3 Å². The molecule has 21 heavy (non-hydrogen) atoms. The molecule has 0 unspecified atom stereocenters. The summed E-state index contributed by atoms with van der Waals surface area (Å²) in [5, 5.41) is 2.69. The minimum absolute atomic E-state index is 0.139. The minimum atomic E-state index is -0.429. The van der Waals surface area contributed by atoms with E-state index in [0.29, 0.717) is 6.54 Å². The summed E-state index contributed by atoms with van der Waals surface area (Å²) < 4.78 is 17.1. The maximum Gasteiger partial charge on any atom is 0.407 e. The molecule has 1 N–H and O–H groups in total. The Kier molecular flexibility index (Phi) is 8.63. The quantitative estimate of drug-likeness (QED) is 0.530. The SMILES string of the molecule is CCCNC(=O)O[C@@H](C)[C@@H](OCOC)c1ccccc1I. The molecule has 0 heterocycles. The molecule has 1 rings (SSSR count). The lowest BCUT2D eigenvalue weighted by Crippen LogP contribution is -2.32. The van der Waals surface area contributed by atoms with Gasteiger partial charge in [-0.1, -0.05) is 25.1 Å². The van der Waals surface area contributed by atoms with Gasteiger partial charge in [0.05, 0.1) is 0 Å². The lowest BCUT2D eigenvalue weighted by Gasteiger charge is -2.25. The Morgan fingerprint density at radius 2 is 2.10 bits per heavy atom. The molecule has 0 aliphatic carbocycles. The Balaban J connectivity index is 2.77. The first-order valence-electron chi connectivity index (χ1n) is 6.89. The second-order valence-corrected chi connectivity index (χ2v) is 5.71. The summed E-state index contributed by atoms with van der Waals surface area (Å²) in [6.45, 7) is 4.54. The number of amides is 1. The molecular formula is C15H22INO4. The van der Waals surface area contributed by atoms with Crippen LogP contribution in [0.2, 0.25) is 0 Å². The van der Waals surface area contributed by atoms with Gasteiger partial charge < -0.3 is 19.5 Å². The largest absolute Gasteiger partial charge is 0.443 e. The molecule has 0 saturated heterocycles. The van der Waals surface area contributed by atoms with Gasteiger partial charge in [0.2, 0.25) is 0 Å². The molecule has 0 bridgehead atoms. The van der Waals surface area contributed by atoms with Gasteiger partial charge >= 0.3 is 6.09 Å². The van der Waals surface area contributed by atoms with E-state index in [2.05, 4.69) is 27.9 Å². The lowest BCUT2D eigenvalue weighted by atomic mass is 10.1. The van der Waals surface area contributed by atoms with Gasteiger partial charge in [0.1, 0.15) is 19.0 Å². The predicted octanol–water partition coefficient (Wildman–Crippen LogP) is 3.48. The van der Waals surface area contributed by atoms with Gasteiger partial charge in [-0.2, -0.15) is 0 Å². The summed E-state index contributed by atoms with van der Waals surface area (Å²) >= 11 is 2.24. The van der Waals surface area contributed by atoms with Crippen LogP contribution in [0.3, 0.4) is 0 Å². The maximum absolute atomic E-state index is 11.7. The first-order chi connectivity index (χ1) is 10.1. The second kappa shape index (κ2) is 9.97. The standard InChI is InChI=1S/C15H22INO4/c1-4-9-17-15(18)21-11(2)14(20-10-19-3)12-7-5-6-8-13(12)16/h5-8,11,14H,4,9-10H2,1-3H3,(H,17,18)/t11-,14+/m0/s1. The van der Waals surface area contributed by atoms with Crippen molar-refractivity contribution in [3.63, 3.8) is 0 Å². The summed E-state index contributed by atoms with van der Waals surface area (Å²) in [5.41, 5.74) is 0.978. The van der Waals surface area contributed by atoms with Crippen LogP contribution in [0.5, 0.6) is 0 Å². The van der Waals surface area contributed by atoms with E-state index in [-0.39, 0.29) is 12.9 Å². The van der Waals surface area contributed by atoms with Gasteiger partial charge in [0, 0.05) is 17.2 Å². The van der Waals surface area contributed by atoms with E-state index in [9.17, 15) is 4.79 Å². The van der Waals surface area contributed by atoms with E-state index < -0.39 is 12.2 Å². The zero-order chi connectivity index (χ0) is 15.7. The summed E-state index contributed by atoms with van der Waals surface area (Å²) in [4.78, 5) is 11.7. The summed E-state index contributed by atoms with van der Waals surface area (Å²) in [6, 6.07) is 7.84. The molecular weight excluding hydrogens is 385 g/mol. The van der Waals surface area contributed by atoms with Crippen molar-refractivity contribution >= 4 is 28.7 Å². The van der Waals surface area contributed by atoms with Gasteiger partial charge in [0.25, 0.3) is 0 Å². The fourth-order valence-electron chi connectivity index (χ4n) is 1.82.